The average molecular weight is 427 g/mol. The fourth-order valence-corrected chi connectivity index (χ4v) is 4.15. The van der Waals surface area contributed by atoms with Crippen molar-refractivity contribution in [3.63, 3.8) is 0 Å². The van der Waals surface area contributed by atoms with Crippen molar-refractivity contribution in [3.05, 3.63) is 83.1 Å². The Bertz CT molecular complexity index is 1120. The van der Waals surface area contributed by atoms with Crippen LogP contribution >= 0.6 is 0 Å². The van der Waals surface area contributed by atoms with Crippen LogP contribution in [-0.4, -0.2) is 47.0 Å². The van der Waals surface area contributed by atoms with Crippen molar-refractivity contribution >= 4 is 17.8 Å². The van der Waals surface area contributed by atoms with E-state index < -0.39 is 0 Å². The van der Waals surface area contributed by atoms with Gasteiger partial charge in [-0.25, -0.2) is 9.97 Å². The molecule has 0 unspecified atom stereocenters. The van der Waals surface area contributed by atoms with Gasteiger partial charge < -0.3 is 9.80 Å². The second kappa shape index (κ2) is 9.77. The van der Waals surface area contributed by atoms with Gasteiger partial charge in [-0.3, -0.25) is 4.79 Å². The van der Waals surface area contributed by atoms with Gasteiger partial charge in [-0.2, -0.15) is 0 Å². The number of piperazine rings is 1. The predicted octanol–water partition coefficient (Wildman–Crippen LogP) is 4.68. The normalized spacial score (nSPS) is 14.2. The Morgan fingerprint density at radius 3 is 2.41 bits per heavy atom. The van der Waals surface area contributed by atoms with Crippen LogP contribution in [0.3, 0.4) is 0 Å². The van der Waals surface area contributed by atoms with Crippen LogP contribution in [0.5, 0.6) is 0 Å². The fourth-order valence-electron chi connectivity index (χ4n) is 4.15. The van der Waals surface area contributed by atoms with Gasteiger partial charge in [0.25, 0.3) is 0 Å². The van der Waals surface area contributed by atoms with Crippen LogP contribution in [0.4, 0.5) is 5.82 Å². The van der Waals surface area contributed by atoms with Gasteiger partial charge in [-0.1, -0.05) is 61.0 Å². The molecule has 1 saturated heterocycles. The molecule has 0 radical (unpaired) electrons. The van der Waals surface area contributed by atoms with Gasteiger partial charge in [0.15, 0.2) is 5.82 Å². The molecule has 0 spiro atoms. The van der Waals surface area contributed by atoms with Gasteiger partial charge in [0.05, 0.1) is 0 Å². The van der Waals surface area contributed by atoms with Crippen LogP contribution in [-0.2, 0) is 11.2 Å². The van der Waals surface area contributed by atoms with Crippen molar-refractivity contribution in [3.8, 4) is 11.4 Å². The zero-order valence-electron chi connectivity index (χ0n) is 19.1. The van der Waals surface area contributed by atoms with E-state index >= 15 is 0 Å². The van der Waals surface area contributed by atoms with Crippen molar-refractivity contribution in [2.24, 2.45) is 0 Å². The third kappa shape index (κ3) is 4.88. The minimum Gasteiger partial charge on any atom is -0.353 e. The lowest BCUT2D eigenvalue weighted by atomic mass is 10.1. The molecule has 0 aliphatic carbocycles. The Morgan fingerprint density at radius 1 is 0.969 bits per heavy atom. The minimum absolute atomic E-state index is 0.0588. The lowest BCUT2D eigenvalue weighted by molar-refractivity contribution is -0.126. The molecule has 0 saturated carbocycles. The third-order valence-corrected chi connectivity index (χ3v) is 5.93. The second-order valence-electron chi connectivity index (χ2n) is 8.21. The molecule has 2 aromatic carbocycles. The molecule has 2 heterocycles. The summed E-state index contributed by atoms with van der Waals surface area (Å²) in [5, 5.41) is 0. The van der Waals surface area contributed by atoms with Crippen LogP contribution in [0.2, 0.25) is 0 Å². The summed E-state index contributed by atoms with van der Waals surface area (Å²) in [7, 11) is 0. The summed E-state index contributed by atoms with van der Waals surface area (Å²) in [6.45, 7) is 9.20. The lowest BCUT2D eigenvalue weighted by Gasteiger charge is -2.36. The van der Waals surface area contributed by atoms with Crippen molar-refractivity contribution in [1.82, 2.24) is 14.9 Å². The summed E-state index contributed by atoms with van der Waals surface area (Å²) in [4.78, 5) is 26.7. The lowest BCUT2D eigenvalue weighted by Crippen LogP contribution is -2.49. The maximum Gasteiger partial charge on any atom is 0.246 e. The number of hydrogen-bond acceptors (Lipinski definition) is 4. The van der Waals surface area contributed by atoms with Crippen LogP contribution in [0.1, 0.15) is 29.3 Å². The summed E-state index contributed by atoms with van der Waals surface area (Å²) in [5.74, 6) is 1.83. The van der Waals surface area contributed by atoms with Crippen molar-refractivity contribution in [2.45, 2.75) is 27.2 Å². The summed E-state index contributed by atoms with van der Waals surface area (Å²) < 4.78 is 0. The Hall–Kier alpha value is -3.47. The average Bonchev–Trinajstić information content (AvgIpc) is 2.83. The van der Waals surface area contributed by atoms with Crippen LogP contribution in [0.15, 0.2) is 60.7 Å². The number of aryl methyl sites for hydroxylation is 2. The number of rotatable bonds is 5. The molecule has 3 aromatic rings. The van der Waals surface area contributed by atoms with E-state index in [1.165, 1.54) is 11.1 Å². The number of carbonyl (C=O) groups is 1. The van der Waals surface area contributed by atoms with E-state index in [0.717, 1.165) is 48.0 Å². The number of anilines is 1. The third-order valence-electron chi connectivity index (χ3n) is 5.93. The SMILES string of the molecule is CCc1c(C)nc(-c2cccc(C)c2)nc1N1CCN(C(=O)/C=C/c2ccccc2)CC1. The van der Waals surface area contributed by atoms with E-state index in [2.05, 4.69) is 43.9 Å². The maximum absolute atomic E-state index is 12.7. The molecular formula is C27H30N4O. The van der Waals surface area contributed by atoms with Crippen LogP contribution < -0.4 is 4.90 Å². The number of benzene rings is 2. The van der Waals surface area contributed by atoms with E-state index in [1.54, 1.807) is 6.08 Å². The zero-order valence-corrected chi connectivity index (χ0v) is 19.1. The Labute approximate surface area is 190 Å². The highest BCUT2D eigenvalue weighted by atomic mass is 16.2. The molecule has 1 aromatic heterocycles. The van der Waals surface area contributed by atoms with Crippen molar-refractivity contribution in [2.75, 3.05) is 31.1 Å². The van der Waals surface area contributed by atoms with E-state index in [-0.39, 0.29) is 5.91 Å². The molecule has 1 fully saturated rings. The molecule has 0 bridgehead atoms. The van der Waals surface area contributed by atoms with E-state index in [4.69, 9.17) is 9.97 Å². The first-order valence-electron chi connectivity index (χ1n) is 11.3. The molecule has 0 N–H and O–H groups in total. The first kappa shape index (κ1) is 21.8. The van der Waals surface area contributed by atoms with E-state index in [9.17, 15) is 4.79 Å². The highest BCUT2D eigenvalue weighted by Crippen LogP contribution is 2.27. The number of carbonyl (C=O) groups excluding carboxylic acids is 1. The van der Waals surface area contributed by atoms with Gasteiger partial charge in [-0.15, -0.1) is 0 Å². The highest BCUT2D eigenvalue weighted by molar-refractivity contribution is 5.92. The molecule has 5 heteroatoms. The first-order valence-corrected chi connectivity index (χ1v) is 11.3. The number of nitrogens with zero attached hydrogens (tertiary/aromatic N) is 4. The maximum atomic E-state index is 12.7. The molecular weight excluding hydrogens is 396 g/mol. The largest absolute Gasteiger partial charge is 0.353 e. The summed E-state index contributed by atoms with van der Waals surface area (Å²) in [6, 6.07) is 18.2. The molecule has 32 heavy (non-hydrogen) atoms. The van der Waals surface area contributed by atoms with Gasteiger partial charge in [0.1, 0.15) is 5.82 Å². The predicted molar refractivity (Wildman–Crippen MR) is 131 cm³/mol. The van der Waals surface area contributed by atoms with E-state index in [0.29, 0.717) is 13.1 Å². The number of hydrogen-bond donors (Lipinski definition) is 0. The molecule has 164 valence electrons. The zero-order chi connectivity index (χ0) is 22.5. The minimum atomic E-state index is 0.0588. The van der Waals surface area contributed by atoms with Crippen molar-refractivity contribution < 1.29 is 4.79 Å². The fraction of sp³-hybridized carbons (Fsp3) is 0.296. The van der Waals surface area contributed by atoms with E-state index in [1.807, 2.05) is 47.4 Å². The molecule has 1 aliphatic heterocycles. The van der Waals surface area contributed by atoms with Crippen molar-refractivity contribution in [1.29, 1.82) is 0 Å². The summed E-state index contributed by atoms with van der Waals surface area (Å²) >= 11 is 0. The Kier molecular flexibility index (Phi) is 6.64. The number of aromatic nitrogens is 2. The standard InChI is InChI=1S/C27H30N4O/c1-4-24-21(3)28-26(23-12-8-9-20(2)19-23)29-27(24)31-17-15-30(16-18-31)25(32)14-13-22-10-6-5-7-11-22/h5-14,19H,4,15-18H2,1-3H3/b14-13+. The Balaban J connectivity index is 1.50. The highest BCUT2D eigenvalue weighted by Gasteiger charge is 2.24. The molecule has 1 amide bonds. The monoisotopic (exact) mass is 426 g/mol. The molecule has 1 aliphatic rings. The van der Waals surface area contributed by atoms with Gasteiger partial charge in [0.2, 0.25) is 5.91 Å². The summed E-state index contributed by atoms with van der Waals surface area (Å²) in [5.41, 5.74) is 5.48. The van der Waals surface area contributed by atoms with Gasteiger partial charge in [0, 0.05) is 49.1 Å². The first-order chi connectivity index (χ1) is 15.5. The molecule has 5 nitrogen and oxygen atoms in total. The number of amides is 1. The van der Waals surface area contributed by atoms with Crippen LogP contribution in [0.25, 0.3) is 17.5 Å². The molecule has 0 atom stereocenters. The summed E-state index contributed by atoms with van der Waals surface area (Å²) in [6.07, 6.45) is 4.44. The van der Waals surface area contributed by atoms with Gasteiger partial charge >= 0.3 is 0 Å². The van der Waals surface area contributed by atoms with Crippen LogP contribution in [0, 0.1) is 13.8 Å². The van der Waals surface area contributed by atoms with Gasteiger partial charge in [-0.05, 0) is 38.0 Å². The second-order valence-corrected chi connectivity index (χ2v) is 8.21. The quantitative estimate of drug-likeness (QED) is 0.556. The molecule has 4 rings (SSSR count). The Morgan fingerprint density at radius 2 is 1.72 bits per heavy atom. The smallest absolute Gasteiger partial charge is 0.246 e. The topological polar surface area (TPSA) is 49.3 Å².